The second-order valence-corrected chi connectivity index (χ2v) is 12.6. The van der Waals surface area contributed by atoms with E-state index in [1.54, 1.807) is 18.3 Å². The molecule has 3 aliphatic rings. The second kappa shape index (κ2) is 9.11. The van der Waals surface area contributed by atoms with Crippen LogP contribution in [0.25, 0.3) is 0 Å². The molecular formula is C27H36N4O4S. The van der Waals surface area contributed by atoms with E-state index < -0.39 is 21.0 Å². The number of fused-ring (bicyclic) bond motifs is 2. The Balaban J connectivity index is 1.40. The van der Waals surface area contributed by atoms with Crippen molar-refractivity contribution in [3.8, 4) is 5.88 Å². The summed E-state index contributed by atoms with van der Waals surface area (Å²) in [5, 5.41) is 0. The molecule has 0 radical (unpaired) electrons. The molecule has 1 aromatic heterocycles. The van der Waals surface area contributed by atoms with E-state index in [2.05, 4.69) is 21.5 Å². The number of likely N-dealkylation sites (N-methyl/N-ethyl adjacent to an activating group) is 1. The van der Waals surface area contributed by atoms with Crippen LogP contribution in [0.5, 0.6) is 5.88 Å². The van der Waals surface area contributed by atoms with Crippen LogP contribution in [0.1, 0.15) is 62.0 Å². The van der Waals surface area contributed by atoms with E-state index in [0.717, 1.165) is 37.2 Å². The topological polar surface area (TPSA) is 91.8 Å². The molecule has 1 N–H and O–H groups in total. The van der Waals surface area contributed by atoms with E-state index in [1.165, 1.54) is 0 Å². The van der Waals surface area contributed by atoms with E-state index in [-0.39, 0.29) is 16.8 Å². The van der Waals surface area contributed by atoms with Crippen LogP contribution >= 0.6 is 0 Å². The molecule has 1 saturated heterocycles. The van der Waals surface area contributed by atoms with Crippen LogP contribution in [0, 0.1) is 0 Å². The zero-order chi connectivity index (χ0) is 25.7. The number of rotatable bonds is 6. The molecular weight excluding hydrogens is 476 g/mol. The molecule has 1 aromatic carbocycles. The zero-order valence-electron chi connectivity index (χ0n) is 21.6. The molecule has 0 bridgehead atoms. The number of hydrogen-bond acceptors (Lipinski definition) is 6. The van der Waals surface area contributed by atoms with E-state index in [9.17, 15) is 13.2 Å². The summed E-state index contributed by atoms with van der Waals surface area (Å²) in [4.78, 5) is 22.3. The lowest BCUT2D eigenvalue weighted by atomic mass is 9.81. The highest BCUT2D eigenvalue weighted by molar-refractivity contribution is 7.89. The maximum absolute atomic E-state index is 13.3. The second-order valence-electron chi connectivity index (χ2n) is 10.9. The number of carbonyl (C=O) groups is 1. The lowest BCUT2D eigenvalue weighted by Gasteiger charge is -2.38. The summed E-state index contributed by atoms with van der Waals surface area (Å²) >= 11 is 0. The van der Waals surface area contributed by atoms with Gasteiger partial charge in [-0.2, -0.15) is 0 Å². The first kappa shape index (κ1) is 25.2. The van der Waals surface area contributed by atoms with Crippen molar-refractivity contribution in [1.29, 1.82) is 0 Å². The van der Waals surface area contributed by atoms with Crippen LogP contribution in [0.4, 0.5) is 0 Å². The van der Waals surface area contributed by atoms with Crippen LogP contribution in [0.15, 0.2) is 41.4 Å². The van der Waals surface area contributed by atoms with Crippen molar-refractivity contribution in [3.05, 3.63) is 53.2 Å². The van der Waals surface area contributed by atoms with Crippen molar-refractivity contribution in [2.45, 2.75) is 68.9 Å². The molecule has 2 atom stereocenters. The predicted molar refractivity (Wildman–Crippen MR) is 138 cm³/mol. The molecule has 9 heteroatoms. The van der Waals surface area contributed by atoms with Gasteiger partial charge in [0.1, 0.15) is 5.60 Å². The van der Waals surface area contributed by atoms with Gasteiger partial charge in [-0.3, -0.25) is 4.79 Å². The first-order valence-electron chi connectivity index (χ1n) is 12.9. The predicted octanol–water partition coefficient (Wildman–Crippen LogP) is 2.97. The molecule has 3 heterocycles. The van der Waals surface area contributed by atoms with Gasteiger partial charge < -0.3 is 14.5 Å². The number of aryl methyl sites for hydroxylation is 1. The summed E-state index contributed by atoms with van der Waals surface area (Å²) in [6.07, 6.45) is 3.74. The van der Waals surface area contributed by atoms with Gasteiger partial charge in [-0.1, -0.05) is 26.0 Å². The molecule has 194 valence electrons. The Kier molecular flexibility index (Phi) is 6.37. The fraction of sp³-hybridized carbons (Fsp3) is 0.556. The van der Waals surface area contributed by atoms with E-state index in [1.807, 2.05) is 43.9 Å². The SMILES string of the molecule is CCc1ccc(S(=O)(=O)NC2CC23CC(C)(C)Oc2ncc(C(=O)N4CCN(CC)CC4)cc23)cc1. The third kappa shape index (κ3) is 4.64. The molecule has 1 amide bonds. The molecule has 36 heavy (non-hydrogen) atoms. The summed E-state index contributed by atoms with van der Waals surface area (Å²) in [6, 6.07) is 8.63. The summed E-state index contributed by atoms with van der Waals surface area (Å²) in [5.74, 6) is 0.461. The van der Waals surface area contributed by atoms with E-state index >= 15 is 0 Å². The van der Waals surface area contributed by atoms with Gasteiger partial charge in [-0.05, 0) is 63.4 Å². The number of sulfonamides is 1. The number of ether oxygens (including phenoxy) is 1. The fourth-order valence-corrected chi connectivity index (χ4v) is 7.04. The Hall–Kier alpha value is -2.49. The largest absolute Gasteiger partial charge is 0.471 e. The number of pyridine rings is 1. The number of benzene rings is 1. The average Bonchev–Trinajstić information content (AvgIpc) is 3.52. The number of hydrogen-bond donors (Lipinski definition) is 1. The standard InChI is InChI=1S/C27H36N4O4S/c1-5-19-7-9-21(10-8-19)36(33,34)29-23-16-27(23)18-26(3,4)35-24-22(27)15-20(17-28-24)25(32)31-13-11-30(6-2)12-14-31/h7-10,15,17,23,29H,5-6,11-14,16,18H2,1-4H3. The van der Waals surface area contributed by atoms with Crippen molar-refractivity contribution in [3.63, 3.8) is 0 Å². The average molecular weight is 513 g/mol. The lowest BCUT2D eigenvalue weighted by molar-refractivity contribution is 0.0586. The molecule has 2 unspecified atom stereocenters. The first-order valence-corrected chi connectivity index (χ1v) is 14.4. The highest BCUT2D eigenvalue weighted by Crippen LogP contribution is 2.59. The fourth-order valence-electron chi connectivity index (χ4n) is 5.72. The van der Waals surface area contributed by atoms with Crippen molar-refractivity contribution >= 4 is 15.9 Å². The minimum atomic E-state index is -3.68. The van der Waals surface area contributed by atoms with Crippen molar-refractivity contribution in [2.75, 3.05) is 32.7 Å². The monoisotopic (exact) mass is 512 g/mol. The minimum Gasteiger partial charge on any atom is -0.471 e. The summed E-state index contributed by atoms with van der Waals surface area (Å²) in [5.41, 5.74) is 1.51. The van der Waals surface area contributed by atoms with Gasteiger partial charge in [-0.25, -0.2) is 18.1 Å². The maximum Gasteiger partial charge on any atom is 0.255 e. The molecule has 1 spiro atoms. The normalized spacial score (nSPS) is 25.3. The quantitative estimate of drug-likeness (QED) is 0.640. The van der Waals surface area contributed by atoms with Crippen LogP contribution in [-0.4, -0.2) is 73.5 Å². The van der Waals surface area contributed by atoms with Crippen LogP contribution < -0.4 is 9.46 Å². The first-order chi connectivity index (χ1) is 17.1. The van der Waals surface area contributed by atoms with E-state index in [4.69, 9.17) is 4.74 Å². The molecule has 8 nitrogen and oxygen atoms in total. The Morgan fingerprint density at radius 1 is 1.14 bits per heavy atom. The van der Waals surface area contributed by atoms with Crippen molar-refractivity contribution in [2.24, 2.45) is 0 Å². The number of piperazine rings is 1. The maximum atomic E-state index is 13.3. The Morgan fingerprint density at radius 2 is 1.83 bits per heavy atom. The molecule has 2 aromatic rings. The van der Waals surface area contributed by atoms with E-state index in [0.29, 0.717) is 37.4 Å². The molecule has 2 aliphatic heterocycles. The van der Waals surface area contributed by atoms with Crippen LogP contribution in [-0.2, 0) is 21.9 Å². The van der Waals surface area contributed by atoms with Gasteiger partial charge in [0.2, 0.25) is 15.9 Å². The van der Waals surface area contributed by atoms with Crippen molar-refractivity contribution < 1.29 is 17.9 Å². The zero-order valence-corrected chi connectivity index (χ0v) is 22.4. The van der Waals surface area contributed by atoms with Crippen molar-refractivity contribution in [1.82, 2.24) is 19.5 Å². The lowest BCUT2D eigenvalue weighted by Crippen LogP contribution is -2.48. The van der Waals surface area contributed by atoms with Crippen LogP contribution in [0.2, 0.25) is 0 Å². The van der Waals surface area contributed by atoms with Gasteiger partial charge in [0, 0.05) is 49.4 Å². The number of amides is 1. The highest BCUT2D eigenvalue weighted by Gasteiger charge is 2.62. The Bertz CT molecular complexity index is 1250. The smallest absolute Gasteiger partial charge is 0.255 e. The third-order valence-corrected chi connectivity index (χ3v) is 9.36. The summed E-state index contributed by atoms with van der Waals surface area (Å²) in [6.45, 7) is 12.3. The highest BCUT2D eigenvalue weighted by atomic mass is 32.2. The number of nitrogens with one attached hydrogen (secondary N) is 1. The molecule has 1 aliphatic carbocycles. The summed E-state index contributed by atoms with van der Waals surface area (Å²) in [7, 11) is -3.68. The van der Waals surface area contributed by atoms with Gasteiger partial charge >= 0.3 is 0 Å². The minimum absolute atomic E-state index is 0.0326. The number of aromatic nitrogens is 1. The van der Waals surface area contributed by atoms with Gasteiger partial charge in [-0.15, -0.1) is 0 Å². The summed E-state index contributed by atoms with van der Waals surface area (Å²) < 4.78 is 35.5. The van der Waals surface area contributed by atoms with Gasteiger partial charge in [0.05, 0.1) is 10.5 Å². The molecule has 5 rings (SSSR count). The third-order valence-electron chi connectivity index (χ3n) is 7.87. The molecule has 1 saturated carbocycles. The van der Waals surface area contributed by atoms with Gasteiger partial charge in [0.25, 0.3) is 5.91 Å². The van der Waals surface area contributed by atoms with Gasteiger partial charge in [0.15, 0.2) is 0 Å². The number of nitrogens with zero attached hydrogens (tertiary/aromatic N) is 3. The Morgan fingerprint density at radius 3 is 2.47 bits per heavy atom. The Labute approximate surface area is 214 Å². The van der Waals surface area contributed by atoms with Crippen LogP contribution in [0.3, 0.4) is 0 Å². The molecule has 2 fully saturated rings. The number of carbonyl (C=O) groups excluding carboxylic acids is 1.